The lowest BCUT2D eigenvalue weighted by Gasteiger charge is -2.20. The Morgan fingerprint density at radius 1 is 0.600 bits per heavy atom. The van der Waals surface area contributed by atoms with E-state index in [1.54, 1.807) is 7.05 Å². The smallest absolute Gasteiger partial charge is 0.462 e. The van der Waals surface area contributed by atoms with Crippen LogP contribution in [0.2, 0.25) is 0 Å². The largest absolute Gasteiger partial charge is 0.472 e. The van der Waals surface area contributed by atoms with E-state index in [-0.39, 0.29) is 32.0 Å². The minimum absolute atomic E-state index is 0.0181. The van der Waals surface area contributed by atoms with Crippen LogP contribution in [0.25, 0.3) is 0 Å². The summed E-state index contributed by atoms with van der Waals surface area (Å²) in [6, 6.07) is 0. The SMILES string of the molecule is CCCCCC/C=C\CCCCCCCCCC(=O)OC(COC(=O)CCCCCCC/C=C\CCCCCC)COP(=O)(O)OCCNC. The zero-order valence-electron chi connectivity index (χ0n) is 32.4. The van der Waals surface area contributed by atoms with Crippen LogP contribution in [0.4, 0.5) is 0 Å². The number of likely N-dealkylation sites (N-methyl/N-ethyl adjacent to an activating group) is 1. The van der Waals surface area contributed by atoms with Crippen LogP contribution in [0.15, 0.2) is 24.3 Å². The molecule has 2 atom stereocenters. The topological polar surface area (TPSA) is 120 Å². The van der Waals surface area contributed by atoms with Crippen molar-refractivity contribution < 1.29 is 37.6 Å². The van der Waals surface area contributed by atoms with Gasteiger partial charge in [-0.1, -0.05) is 128 Å². The van der Waals surface area contributed by atoms with Crippen molar-refractivity contribution in [2.24, 2.45) is 0 Å². The van der Waals surface area contributed by atoms with Crippen molar-refractivity contribution in [1.29, 1.82) is 0 Å². The van der Waals surface area contributed by atoms with Crippen molar-refractivity contribution >= 4 is 19.8 Å². The molecule has 10 heteroatoms. The number of esters is 2. The summed E-state index contributed by atoms with van der Waals surface area (Å²) in [4.78, 5) is 34.9. The molecule has 0 aromatic heterocycles. The van der Waals surface area contributed by atoms with Crippen molar-refractivity contribution in [2.45, 2.75) is 187 Å². The van der Waals surface area contributed by atoms with E-state index in [0.29, 0.717) is 13.0 Å². The Hall–Kier alpha value is -1.51. The molecule has 0 heterocycles. The van der Waals surface area contributed by atoms with Crippen LogP contribution in [0.5, 0.6) is 0 Å². The summed E-state index contributed by atoms with van der Waals surface area (Å²) >= 11 is 0. The Bertz CT molecular complexity index is 881. The van der Waals surface area contributed by atoms with Gasteiger partial charge in [-0.3, -0.25) is 18.6 Å². The van der Waals surface area contributed by atoms with Gasteiger partial charge in [0, 0.05) is 19.4 Å². The molecule has 0 saturated carbocycles. The summed E-state index contributed by atoms with van der Waals surface area (Å²) < 4.78 is 33.1. The molecule has 0 aliphatic rings. The van der Waals surface area contributed by atoms with Gasteiger partial charge >= 0.3 is 19.8 Å². The molecule has 0 fully saturated rings. The van der Waals surface area contributed by atoms with Crippen LogP contribution in [0.1, 0.15) is 181 Å². The molecule has 0 amide bonds. The molecule has 2 N–H and O–H groups in total. The molecule has 0 bridgehead atoms. The van der Waals surface area contributed by atoms with Crippen LogP contribution < -0.4 is 5.32 Å². The molecular formula is C40H76NO8P. The number of hydrogen-bond donors (Lipinski definition) is 2. The number of phosphoric ester groups is 1. The van der Waals surface area contributed by atoms with E-state index in [1.165, 1.54) is 83.5 Å². The molecule has 0 aliphatic carbocycles. The average molecular weight is 730 g/mol. The molecule has 0 aromatic rings. The van der Waals surface area contributed by atoms with E-state index in [1.807, 2.05) is 0 Å². The Morgan fingerprint density at radius 2 is 1.02 bits per heavy atom. The van der Waals surface area contributed by atoms with Crippen molar-refractivity contribution in [3.8, 4) is 0 Å². The van der Waals surface area contributed by atoms with Gasteiger partial charge in [-0.15, -0.1) is 0 Å². The molecule has 0 aromatic carbocycles. The number of carbonyl (C=O) groups is 2. The van der Waals surface area contributed by atoms with E-state index in [2.05, 4.69) is 43.5 Å². The molecule has 0 aliphatic heterocycles. The van der Waals surface area contributed by atoms with E-state index in [0.717, 1.165) is 64.2 Å². The number of carbonyl (C=O) groups excluding carboxylic acids is 2. The first-order valence-corrected chi connectivity index (χ1v) is 21.8. The van der Waals surface area contributed by atoms with E-state index in [4.69, 9.17) is 18.5 Å². The molecule has 50 heavy (non-hydrogen) atoms. The van der Waals surface area contributed by atoms with Gasteiger partial charge in [0.05, 0.1) is 13.2 Å². The number of nitrogens with one attached hydrogen (secondary N) is 1. The van der Waals surface area contributed by atoms with Gasteiger partial charge in [-0.2, -0.15) is 0 Å². The minimum atomic E-state index is -4.34. The van der Waals surface area contributed by atoms with Crippen LogP contribution in [0, 0.1) is 0 Å². The maximum absolute atomic E-state index is 12.6. The van der Waals surface area contributed by atoms with Gasteiger partial charge < -0.3 is 19.7 Å². The van der Waals surface area contributed by atoms with Crippen LogP contribution >= 0.6 is 7.82 Å². The molecule has 0 radical (unpaired) electrons. The normalized spacial score (nSPS) is 13.6. The first kappa shape index (κ1) is 48.5. The summed E-state index contributed by atoms with van der Waals surface area (Å²) in [5.74, 6) is -0.820. The zero-order valence-corrected chi connectivity index (χ0v) is 33.2. The zero-order chi connectivity index (χ0) is 36.8. The van der Waals surface area contributed by atoms with Gasteiger partial charge in [0.15, 0.2) is 6.10 Å². The summed E-state index contributed by atoms with van der Waals surface area (Å²) in [6.45, 7) is 4.18. The highest BCUT2D eigenvalue weighted by Gasteiger charge is 2.26. The summed E-state index contributed by atoms with van der Waals surface area (Å²) in [5, 5.41) is 2.82. The van der Waals surface area contributed by atoms with Crippen molar-refractivity contribution in [1.82, 2.24) is 5.32 Å². The Kier molecular flexibility index (Phi) is 36.1. The van der Waals surface area contributed by atoms with Gasteiger partial charge in [0.1, 0.15) is 6.61 Å². The fourth-order valence-electron chi connectivity index (χ4n) is 5.42. The first-order chi connectivity index (χ1) is 24.3. The second-order valence-electron chi connectivity index (χ2n) is 13.5. The molecule has 0 saturated heterocycles. The Balaban J connectivity index is 4.27. The second kappa shape index (κ2) is 37.3. The Labute approximate surface area is 306 Å². The third-order valence-corrected chi connectivity index (χ3v) is 9.53. The number of ether oxygens (including phenoxy) is 2. The lowest BCUT2D eigenvalue weighted by molar-refractivity contribution is -0.161. The van der Waals surface area contributed by atoms with Gasteiger partial charge in [-0.05, 0) is 71.3 Å². The third-order valence-electron chi connectivity index (χ3n) is 8.54. The van der Waals surface area contributed by atoms with Crippen LogP contribution in [0.3, 0.4) is 0 Å². The van der Waals surface area contributed by atoms with Crippen LogP contribution in [-0.2, 0) is 32.7 Å². The fourth-order valence-corrected chi connectivity index (χ4v) is 6.17. The number of allylic oxidation sites excluding steroid dienone is 4. The van der Waals surface area contributed by atoms with Gasteiger partial charge in [0.25, 0.3) is 0 Å². The predicted molar refractivity (Wildman–Crippen MR) is 206 cm³/mol. The van der Waals surface area contributed by atoms with Gasteiger partial charge in [-0.25, -0.2) is 4.57 Å². The number of hydrogen-bond acceptors (Lipinski definition) is 8. The van der Waals surface area contributed by atoms with Crippen molar-refractivity contribution in [3.63, 3.8) is 0 Å². The van der Waals surface area contributed by atoms with E-state index < -0.39 is 26.5 Å². The molecule has 0 spiro atoms. The summed E-state index contributed by atoms with van der Waals surface area (Å²) in [6.07, 6.45) is 36.4. The number of phosphoric acid groups is 1. The maximum Gasteiger partial charge on any atom is 0.472 e. The second-order valence-corrected chi connectivity index (χ2v) is 14.9. The highest BCUT2D eigenvalue weighted by Crippen LogP contribution is 2.43. The fraction of sp³-hybridized carbons (Fsp3) is 0.850. The molecule has 0 rings (SSSR count). The molecule has 9 nitrogen and oxygen atoms in total. The van der Waals surface area contributed by atoms with E-state index >= 15 is 0 Å². The highest BCUT2D eigenvalue weighted by atomic mass is 31.2. The standard InChI is InChI=1S/C40H76NO8P/c1-4-6-8-10-12-14-16-18-19-21-23-25-27-29-31-33-40(43)49-38(37-48-50(44,45)47-35-34-41-3)36-46-39(42)32-30-28-26-24-22-20-17-15-13-11-9-7-5-2/h14-17,38,41H,4-13,18-37H2,1-3H3,(H,44,45)/b16-14-,17-15-. The predicted octanol–water partition coefficient (Wildman–Crippen LogP) is 11.1. The molecule has 294 valence electrons. The average Bonchev–Trinajstić information content (AvgIpc) is 3.09. The lowest BCUT2D eigenvalue weighted by atomic mass is 10.1. The van der Waals surface area contributed by atoms with Crippen LogP contribution in [-0.4, -0.2) is 56.3 Å². The highest BCUT2D eigenvalue weighted by molar-refractivity contribution is 7.47. The molecule has 2 unspecified atom stereocenters. The number of rotatable bonds is 38. The lowest BCUT2D eigenvalue weighted by Crippen LogP contribution is -2.29. The van der Waals surface area contributed by atoms with E-state index in [9.17, 15) is 19.0 Å². The number of unbranched alkanes of at least 4 members (excludes halogenated alkanes) is 20. The third kappa shape index (κ3) is 36.3. The molecular weight excluding hydrogens is 653 g/mol. The maximum atomic E-state index is 12.6. The summed E-state index contributed by atoms with van der Waals surface area (Å²) in [7, 11) is -2.65. The monoisotopic (exact) mass is 730 g/mol. The van der Waals surface area contributed by atoms with Crippen molar-refractivity contribution in [3.05, 3.63) is 24.3 Å². The minimum Gasteiger partial charge on any atom is -0.462 e. The Morgan fingerprint density at radius 3 is 1.48 bits per heavy atom. The van der Waals surface area contributed by atoms with Gasteiger partial charge in [0.2, 0.25) is 0 Å². The quantitative estimate of drug-likeness (QED) is 0.0277. The summed E-state index contributed by atoms with van der Waals surface area (Å²) in [5.41, 5.74) is 0. The first-order valence-electron chi connectivity index (χ1n) is 20.3. The van der Waals surface area contributed by atoms with Crippen molar-refractivity contribution in [2.75, 3.05) is 33.4 Å².